The molecule has 3 atom stereocenters. The lowest BCUT2D eigenvalue weighted by Crippen LogP contribution is -2.60. The van der Waals surface area contributed by atoms with Gasteiger partial charge >= 0.3 is 0 Å². The Kier molecular flexibility index (Phi) is 4.79. The van der Waals surface area contributed by atoms with Crippen molar-refractivity contribution in [3.05, 3.63) is 0 Å². The van der Waals surface area contributed by atoms with E-state index in [0.717, 1.165) is 24.0 Å². The maximum Gasteiger partial charge on any atom is 0.0250 e. The minimum absolute atomic E-state index is 0.736. The molecule has 2 aliphatic rings. The number of thioether (sulfide) groups is 1. The SMILES string of the molecule is CSCC(C)N1CC2CCCN2CC1C(C)C. The first kappa shape index (κ1) is 13.7. The number of piperazine rings is 1. The Hall–Kier alpha value is 0.270. The molecule has 2 heterocycles. The summed E-state index contributed by atoms with van der Waals surface area (Å²) in [7, 11) is 0. The third-order valence-electron chi connectivity index (χ3n) is 4.51. The van der Waals surface area contributed by atoms with E-state index in [1.165, 1.54) is 38.2 Å². The maximum atomic E-state index is 2.80. The second kappa shape index (κ2) is 5.94. The molecule has 0 N–H and O–H groups in total. The van der Waals surface area contributed by atoms with Gasteiger partial charge < -0.3 is 0 Å². The van der Waals surface area contributed by atoms with E-state index in [9.17, 15) is 0 Å². The van der Waals surface area contributed by atoms with E-state index in [4.69, 9.17) is 0 Å². The molecule has 100 valence electrons. The molecule has 2 nitrogen and oxygen atoms in total. The Bertz CT molecular complexity index is 244. The van der Waals surface area contributed by atoms with Gasteiger partial charge in [-0.2, -0.15) is 11.8 Å². The van der Waals surface area contributed by atoms with Crippen LogP contribution in [0.5, 0.6) is 0 Å². The van der Waals surface area contributed by atoms with Crippen molar-refractivity contribution in [3.63, 3.8) is 0 Å². The summed E-state index contributed by atoms with van der Waals surface area (Å²) >= 11 is 1.99. The first-order chi connectivity index (χ1) is 8.13. The molecule has 2 rings (SSSR count). The molecule has 0 aromatic rings. The fourth-order valence-electron chi connectivity index (χ4n) is 3.50. The van der Waals surface area contributed by atoms with Crippen molar-refractivity contribution >= 4 is 11.8 Å². The van der Waals surface area contributed by atoms with Crippen LogP contribution < -0.4 is 0 Å². The van der Waals surface area contributed by atoms with Crippen molar-refractivity contribution in [1.29, 1.82) is 0 Å². The highest BCUT2D eigenvalue weighted by Crippen LogP contribution is 2.29. The highest BCUT2D eigenvalue weighted by molar-refractivity contribution is 7.98. The second-order valence-electron chi connectivity index (χ2n) is 6.10. The molecule has 0 bridgehead atoms. The average Bonchev–Trinajstić information content (AvgIpc) is 2.74. The van der Waals surface area contributed by atoms with Crippen molar-refractivity contribution in [2.45, 2.75) is 51.7 Å². The van der Waals surface area contributed by atoms with E-state index in [2.05, 4.69) is 36.8 Å². The summed E-state index contributed by atoms with van der Waals surface area (Å²) in [5.41, 5.74) is 0. The van der Waals surface area contributed by atoms with Gasteiger partial charge in [-0.25, -0.2) is 0 Å². The number of fused-ring (bicyclic) bond motifs is 1. The zero-order chi connectivity index (χ0) is 12.4. The molecule has 3 unspecified atom stereocenters. The molecule has 0 radical (unpaired) electrons. The van der Waals surface area contributed by atoms with Crippen molar-refractivity contribution in [3.8, 4) is 0 Å². The largest absolute Gasteiger partial charge is 0.298 e. The fraction of sp³-hybridized carbons (Fsp3) is 1.00. The minimum atomic E-state index is 0.736. The Labute approximate surface area is 111 Å². The van der Waals surface area contributed by atoms with E-state index in [1.54, 1.807) is 0 Å². The van der Waals surface area contributed by atoms with Crippen LogP contribution in [0.4, 0.5) is 0 Å². The molecule has 0 amide bonds. The molecule has 0 aromatic heterocycles. The molecule has 2 aliphatic heterocycles. The standard InChI is InChI=1S/C14H28N2S/c1-11(2)14-9-15-7-5-6-13(15)8-16(14)12(3)10-17-4/h11-14H,5-10H2,1-4H3. The Morgan fingerprint density at radius 2 is 2.00 bits per heavy atom. The zero-order valence-electron chi connectivity index (χ0n) is 11.9. The number of rotatable bonds is 4. The summed E-state index contributed by atoms with van der Waals surface area (Å²) in [6.07, 6.45) is 5.07. The first-order valence-corrected chi connectivity index (χ1v) is 8.51. The third kappa shape index (κ3) is 2.99. The van der Waals surface area contributed by atoms with Gasteiger partial charge in [0.1, 0.15) is 0 Å². The summed E-state index contributed by atoms with van der Waals surface area (Å²) in [5, 5.41) is 0. The number of hydrogen-bond acceptors (Lipinski definition) is 3. The Balaban J connectivity index is 2.04. The van der Waals surface area contributed by atoms with Crippen LogP contribution in [0.1, 0.15) is 33.6 Å². The van der Waals surface area contributed by atoms with Gasteiger partial charge in [0.2, 0.25) is 0 Å². The second-order valence-corrected chi connectivity index (χ2v) is 7.01. The smallest absolute Gasteiger partial charge is 0.0250 e. The van der Waals surface area contributed by atoms with Crippen molar-refractivity contribution in [2.24, 2.45) is 5.92 Å². The summed E-state index contributed by atoms with van der Waals surface area (Å²) in [4.78, 5) is 5.54. The molecule has 3 heteroatoms. The minimum Gasteiger partial charge on any atom is -0.298 e. The fourth-order valence-corrected chi connectivity index (χ4v) is 4.18. The highest BCUT2D eigenvalue weighted by atomic mass is 32.2. The quantitative estimate of drug-likeness (QED) is 0.763. The van der Waals surface area contributed by atoms with Crippen molar-refractivity contribution in [2.75, 3.05) is 31.6 Å². The topological polar surface area (TPSA) is 6.48 Å². The Morgan fingerprint density at radius 3 is 2.65 bits per heavy atom. The average molecular weight is 256 g/mol. The van der Waals surface area contributed by atoms with E-state index in [0.29, 0.717) is 0 Å². The predicted molar refractivity (Wildman–Crippen MR) is 77.8 cm³/mol. The van der Waals surface area contributed by atoms with E-state index in [-0.39, 0.29) is 0 Å². The van der Waals surface area contributed by atoms with E-state index >= 15 is 0 Å². The lowest BCUT2D eigenvalue weighted by molar-refractivity contribution is 0.0106. The van der Waals surface area contributed by atoms with Gasteiger partial charge in [-0.3, -0.25) is 9.80 Å². The molecule has 0 aliphatic carbocycles. The summed E-state index contributed by atoms with van der Waals surface area (Å²) in [6, 6.07) is 2.36. The summed E-state index contributed by atoms with van der Waals surface area (Å²) in [6.45, 7) is 11.2. The monoisotopic (exact) mass is 256 g/mol. The van der Waals surface area contributed by atoms with Crippen molar-refractivity contribution < 1.29 is 0 Å². The van der Waals surface area contributed by atoms with Gasteiger partial charge in [0.25, 0.3) is 0 Å². The van der Waals surface area contributed by atoms with Crippen LogP contribution in [0.25, 0.3) is 0 Å². The van der Waals surface area contributed by atoms with Gasteiger partial charge in [-0.1, -0.05) is 13.8 Å². The van der Waals surface area contributed by atoms with Crippen molar-refractivity contribution in [1.82, 2.24) is 9.80 Å². The zero-order valence-corrected chi connectivity index (χ0v) is 12.7. The lowest BCUT2D eigenvalue weighted by Gasteiger charge is -2.48. The van der Waals surface area contributed by atoms with Crippen LogP contribution in [0.2, 0.25) is 0 Å². The van der Waals surface area contributed by atoms with E-state index in [1.807, 2.05) is 11.8 Å². The number of hydrogen-bond donors (Lipinski definition) is 0. The normalized spacial score (nSPS) is 33.0. The van der Waals surface area contributed by atoms with Crippen LogP contribution in [-0.4, -0.2) is 59.6 Å². The van der Waals surface area contributed by atoms with Gasteiger partial charge in [0, 0.05) is 37.0 Å². The molecule has 0 spiro atoms. The molecular formula is C14H28N2S. The lowest BCUT2D eigenvalue weighted by atomic mass is 9.96. The van der Waals surface area contributed by atoms with Crippen LogP contribution in [0.15, 0.2) is 0 Å². The molecule has 2 saturated heterocycles. The first-order valence-electron chi connectivity index (χ1n) is 7.12. The maximum absolute atomic E-state index is 2.80. The third-order valence-corrected chi connectivity index (χ3v) is 5.33. The Morgan fingerprint density at radius 1 is 1.24 bits per heavy atom. The van der Waals surface area contributed by atoms with Gasteiger partial charge in [0.05, 0.1) is 0 Å². The highest BCUT2D eigenvalue weighted by Gasteiger charge is 2.38. The summed E-state index contributed by atoms with van der Waals surface area (Å²) < 4.78 is 0. The molecule has 0 aromatic carbocycles. The van der Waals surface area contributed by atoms with Gasteiger partial charge in [-0.15, -0.1) is 0 Å². The number of nitrogens with zero attached hydrogens (tertiary/aromatic N) is 2. The predicted octanol–water partition coefficient (Wildman–Crippen LogP) is 2.54. The van der Waals surface area contributed by atoms with Crippen LogP contribution in [0, 0.1) is 5.92 Å². The molecule has 17 heavy (non-hydrogen) atoms. The molecule has 2 fully saturated rings. The van der Waals surface area contributed by atoms with Gasteiger partial charge in [-0.05, 0) is 38.5 Å². The molecular weight excluding hydrogens is 228 g/mol. The van der Waals surface area contributed by atoms with Crippen LogP contribution in [0.3, 0.4) is 0 Å². The van der Waals surface area contributed by atoms with Crippen LogP contribution in [-0.2, 0) is 0 Å². The van der Waals surface area contributed by atoms with Crippen LogP contribution >= 0.6 is 11.8 Å². The molecule has 0 saturated carbocycles. The van der Waals surface area contributed by atoms with E-state index < -0.39 is 0 Å². The summed E-state index contributed by atoms with van der Waals surface area (Å²) in [5.74, 6) is 2.05. The van der Waals surface area contributed by atoms with Gasteiger partial charge in [0.15, 0.2) is 0 Å².